The van der Waals surface area contributed by atoms with Crippen molar-refractivity contribution in [2.24, 2.45) is 5.92 Å². The monoisotopic (exact) mass is 457 g/mol. The Hall–Kier alpha value is -2.80. The van der Waals surface area contributed by atoms with Gasteiger partial charge in [-0.2, -0.15) is 0 Å². The number of ether oxygens (including phenoxy) is 1. The van der Waals surface area contributed by atoms with E-state index in [2.05, 4.69) is 15.9 Å². The number of carbonyl (C=O) groups excluding carboxylic acids is 4. The van der Waals surface area contributed by atoms with Gasteiger partial charge < -0.3 is 4.74 Å². The van der Waals surface area contributed by atoms with Gasteiger partial charge in [-0.25, -0.2) is 4.79 Å². The summed E-state index contributed by atoms with van der Waals surface area (Å²) < 4.78 is 5.93. The highest BCUT2D eigenvalue weighted by molar-refractivity contribution is 9.10. The summed E-state index contributed by atoms with van der Waals surface area (Å²) >= 11 is 3.29. The molecule has 29 heavy (non-hydrogen) atoms. The maximum Gasteiger partial charge on any atom is 0.338 e. The van der Waals surface area contributed by atoms with Crippen LogP contribution < -0.4 is 0 Å². The molecule has 7 heteroatoms. The van der Waals surface area contributed by atoms with Crippen LogP contribution in [0.3, 0.4) is 0 Å². The van der Waals surface area contributed by atoms with E-state index in [-0.39, 0.29) is 28.4 Å². The number of esters is 1. The molecule has 0 fully saturated rings. The average molecular weight is 458 g/mol. The van der Waals surface area contributed by atoms with E-state index in [4.69, 9.17) is 4.74 Å². The lowest BCUT2D eigenvalue weighted by Crippen LogP contribution is -2.31. The van der Waals surface area contributed by atoms with Gasteiger partial charge in [-0.3, -0.25) is 19.3 Å². The molecule has 1 aliphatic heterocycles. The van der Waals surface area contributed by atoms with Gasteiger partial charge in [-0.15, -0.1) is 0 Å². The first kappa shape index (κ1) is 20.9. The van der Waals surface area contributed by atoms with Gasteiger partial charge in [0.1, 0.15) is 0 Å². The van der Waals surface area contributed by atoms with Crippen molar-refractivity contribution in [3.8, 4) is 0 Å². The number of nitrogens with zero attached hydrogens (tertiary/aromatic N) is 1. The van der Waals surface area contributed by atoms with Gasteiger partial charge in [0.2, 0.25) is 0 Å². The highest BCUT2D eigenvalue weighted by Crippen LogP contribution is 2.25. The van der Waals surface area contributed by atoms with E-state index in [0.29, 0.717) is 24.4 Å². The van der Waals surface area contributed by atoms with Crippen molar-refractivity contribution in [2.75, 3.05) is 13.2 Å². The standard InChI is InChI=1S/C22H20BrNO5/c1-13(2)9-10-24-20(26)17-8-5-15(11-18(17)21(24)27)22(28)29-12-19(25)14-3-6-16(23)7-4-14/h3-8,11,13H,9-10,12H2,1-2H3. The molecule has 0 aliphatic carbocycles. The third-order valence-electron chi connectivity index (χ3n) is 4.64. The first-order valence-corrected chi connectivity index (χ1v) is 10.0. The Labute approximate surface area is 177 Å². The van der Waals surface area contributed by atoms with Crippen molar-refractivity contribution in [3.05, 3.63) is 69.2 Å². The van der Waals surface area contributed by atoms with E-state index in [0.717, 1.165) is 4.47 Å². The SMILES string of the molecule is CC(C)CCN1C(=O)c2ccc(C(=O)OCC(=O)c3ccc(Br)cc3)cc2C1=O. The Morgan fingerprint density at radius 3 is 2.24 bits per heavy atom. The lowest BCUT2D eigenvalue weighted by atomic mass is 10.1. The minimum Gasteiger partial charge on any atom is -0.454 e. The van der Waals surface area contributed by atoms with Crippen LogP contribution in [0.4, 0.5) is 0 Å². The van der Waals surface area contributed by atoms with Crippen LogP contribution >= 0.6 is 15.9 Å². The van der Waals surface area contributed by atoms with E-state index in [1.807, 2.05) is 13.8 Å². The fourth-order valence-corrected chi connectivity index (χ4v) is 3.21. The number of hydrogen-bond acceptors (Lipinski definition) is 5. The van der Waals surface area contributed by atoms with E-state index in [1.165, 1.54) is 23.1 Å². The molecule has 0 radical (unpaired) electrons. The zero-order chi connectivity index (χ0) is 21.1. The van der Waals surface area contributed by atoms with E-state index in [9.17, 15) is 19.2 Å². The highest BCUT2D eigenvalue weighted by atomic mass is 79.9. The number of hydrogen-bond donors (Lipinski definition) is 0. The number of benzene rings is 2. The largest absolute Gasteiger partial charge is 0.454 e. The van der Waals surface area contributed by atoms with Gasteiger partial charge in [0.05, 0.1) is 16.7 Å². The molecule has 0 aromatic heterocycles. The van der Waals surface area contributed by atoms with Gasteiger partial charge >= 0.3 is 5.97 Å². The molecule has 2 aromatic rings. The summed E-state index contributed by atoms with van der Waals surface area (Å²) in [6.45, 7) is 3.96. The predicted octanol–water partition coefficient (Wildman–Crippen LogP) is 4.13. The molecule has 1 heterocycles. The number of ketones is 1. The topological polar surface area (TPSA) is 80.8 Å². The first-order chi connectivity index (χ1) is 13.8. The number of imide groups is 1. The third kappa shape index (κ3) is 4.62. The molecule has 0 atom stereocenters. The summed E-state index contributed by atoms with van der Waals surface area (Å²) in [6, 6.07) is 11.0. The molecule has 2 amide bonds. The number of amides is 2. The Balaban J connectivity index is 1.68. The summed E-state index contributed by atoms with van der Waals surface area (Å²) in [6.07, 6.45) is 0.707. The van der Waals surface area contributed by atoms with Gasteiger partial charge in [0.15, 0.2) is 12.4 Å². The molecule has 0 bridgehead atoms. The van der Waals surface area contributed by atoms with Crippen LogP contribution in [0.2, 0.25) is 0 Å². The molecule has 2 aromatic carbocycles. The third-order valence-corrected chi connectivity index (χ3v) is 5.17. The number of Topliss-reactive ketones (excluding diaryl/α,β-unsaturated/α-hetero) is 1. The van der Waals surface area contributed by atoms with E-state index >= 15 is 0 Å². The molecule has 6 nitrogen and oxygen atoms in total. The van der Waals surface area contributed by atoms with Gasteiger partial charge in [-0.05, 0) is 42.7 Å². The van der Waals surface area contributed by atoms with Crippen LogP contribution in [0.15, 0.2) is 46.9 Å². The Kier molecular flexibility index (Phi) is 6.27. The summed E-state index contributed by atoms with van der Waals surface area (Å²) in [5.41, 5.74) is 1.02. The normalized spacial score (nSPS) is 13.0. The zero-order valence-corrected chi connectivity index (χ0v) is 17.7. The number of carbonyl (C=O) groups is 4. The van der Waals surface area contributed by atoms with Crippen LogP contribution in [0.5, 0.6) is 0 Å². The number of halogens is 1. The fraction of sp³-hybridized carbons (Fsp3) is 0.273. The van der Waals surface area contributed by atoms with Crippen molar-refractivity contribution in [2.45, 2.75) is 20.3 Å². The lowest BCUT2D eigenvalue weighted by molar-refractivity contribution is 0.0474. The van der Waals surface area contributed by atoms with E-state index in [1.54, 1.807) is 24.3 Å². The molecule has 0 saturated carbocycles. The molecule has 0 spiro atoms. The van der Waals surface area contributed by atoms with Crippen LogP contribution in [0, 0.1) is 5.92 Å². The average Bonchev–Trinajstić information content (AvgIpc) is 2.94. The van der Waals surface area contributed by atoms with Crippen LogP contribution in [-0.4, -0.2) is 41.6 Å². The molecule has 0 unspecified atom stereocenters. The van der Waals surface area contributed by atoms with Crippen LogP contribution in [0.1, 0.15) is 61.7 Å². The van der Waals surface area contributed by atoms with Crippen molar-refractivity contribution < 1.29 is 23.9 Å². The Morgan fingerprint density at radius 1 is 0.966 bits per heavy atom. The Morgan fingerprint density at radius 2 is 1.59 bits per heavy atom. The van der Waals surface area contributed by atoms with Crippen LogP contribution in [-0.2, 0) is 4.74 Å². The summed E-state index contributed by atoms with van der Waals surface area (Å²) in [4.78, 5) is 50.7. The van der Waals surface area contributed by atoms with Gasteiger partial charge in [0, 0.05) is 16.6 Å². The minimum absolute atomic E-state index is 0.124. The zero-order valence-electron chi connectivity index (χ0n) is 16.1. The maximum atomic E-state index is 12.6. The van der Waals surface area contributed by atoms with Crippen molar-refractivity contribution in [1.29, 1.82) is 0 Å². The molecule has 1 aliphatic rings. The molecular formula is C22H20BrNO5. The van der Waals surface area contributed by atoms with E-state index < -0.39 is 18.5 Å². The number of rotatable bonds is 7. The molecule has 0 saturated heterocycles. The second-order valence-electron chi connectivity index (χ2n) is 7.21. The van der Waals surface area contributed by atoms with Crippen LogP contribution in [0.25, 0.3) is 0 Å². The smallest absolute Gasteiger partial charge is 0.338 e. The molecule has 3 rings (SSSR count). The Bertz CT molecular complexity index is 981. The highest BCUT2D eigenvalue weighted by Gasteiger charge is 2.35. The molecule has 150 valence electrons. The lowest BCUT2D eigenvalue weighted by Gasteiger charge is -2.14. The second kappa shape index (κ2) is 8.69. The van der Waals surface area contributed by atoms with Crippen molar-refractivity contribution >= 4 is 39.5 Å². The van der Waals surface area contributed by atoms with Gasteiger partial charge in [-0.1, -0.05) is 41.9 Å². The number of fused-ring (bicyclic) bond motifs is 1. The summed E-state index contributed by atoms with van der Waals surface area (Å²) in [5.74, 6) is -1.47. The fourth-order valence-electron chi connectivity index (χ4n) is 2.94. The molecular weight excluding hydrogens is 438 g/mol. The quantitative estimate of drug-likeness (QED) is 0.354. The second-order valence-corrected chi connectivity index (χ2v) is 8.13. The van der Waals surface area contributed by atoms with Crippen molar-refractivity contribution in [3.63, 3.8) is 0 Å². The predicted molar refractivity (Wildman–Crippen MR) is 110 cm³/mol. The maximum absolute atomic E-state index is 12.6. The summed E-state index contributed by atoms with van der Waals surface area (Å²) in [5, 5.41) is 0. The molecule has 0 N–H and O–H groups in total. The minimum atomic E-state index is -0.723. The summed E-state index contributed by atoms with van der Waals surface area (Å²) in [7, 11) is 0. The van der Waals surface area contributed by atoms with Gasteiger partial charge in [0.25, 0.3) is 11.8 Å². The first-order valence-electron chi connectivity index (χ1n) is 9.24. The van der Waals surface area contributed by atoms with Crippen molar-refractivity contribution in [1.82, 2.24) is 4.90 Å².